The third kappa shape index (κ3) is 5.11. The van der Waals surface area contributed by atoms with E-state index in [0.717, 1.165) is 19.3 Å². The second kappa shape index (κ2) is 7.15. The summed E-state index contributed by atoms with van der Waals surface area (Å²) in [6.07, 6.45) is 2.06. The molecule has 1 saturated carbocycles. The molecule has 2 rings (SSSR count). The molecule has 1 aliphatic heterocycles. The normalized spacial score (nSPS) is 30.6. The molecule has 0 radical (unpaired) electrons. The standard InChI is InChI=1S/C16H30N2O4/c1-11(17-12-8-14(19)9-12)7-13-10-21-6-5-18(13)15(20)22-16(2,3)4/h11-14,17,19H,5-10H2,1-4H3. The summed E-state index contributed by atoms with van der Waals surface area (Å²) in [7, 11) is 0. The van der Waals surface area contributed by atoms with E-state index in [0.29, 0.717) is 25.8 Å². The predicted octanol–water partition coefficient (Wildman–Crippen LogP) is 1.51. The van der Waals surface area contributed by atoms with E-state index in [4.69, 9.17) is 9.47 Å². The van der Waals surface area contributed by atoms with E-state index in [-0.39, 0.29) is 24.3 Å². The van der Waals surface area contributed by atoms with Gasteiger partial charge in [-0.3, -0.25) is 0 Å². The van der Waals surface area contributed by atoms with Gasteiger partial charge >= 0.3 is 6.09 Å². The number of hydrogen-bond acceptors (Lipinski definition) is 5. The highest BCUT2D eigenvalue weighted by Gasteiger charge is 2.33. The third-order valence-electron chi connectivity index (χ3n) is 4.11. The van der Waals surface area contributed by atoms with Crippen molar-refractivity contribution in [1.82, 2.24) is 10.2 Å². The molecule has 0 bridgehead atoms. The van der Waals surface area contributed by atoms with Crippen molar-refractivity contribution >= 4 is 6.09 Å². The fourth-order valence-corrected chi connectivity index (χ4v) is 3.01. The lowest BCUT2D eigenvalue weighted by Crippen LogP contribution is -2.54. The minimum Gasteiger partial charge on any atom is -0.444 e. The van der Waals surface area contributed by atoms with Crippen molar-refractivity contribution in [3.05, 3.63) is 0 Å². The van der Waals surface area contributed by atoms with Crippen molar-refractivity contribution in [1.29, 1.82) is 0 Å². The number of ether oxygens (including phenoxy) is 2. The van der Waals surface area contributed by atoms with Crippen molar-refractivity contribution in [3.63, 3.8) is 0 Å². The Morgan fingerprint density at radius 2 is 2.14 bits per heavy atom. The highest BCUT2D eigenvalue weighted by molar-refractivity contribution is 5.68. The van der Waals surface area contributed by atoms with E-state index in [2.05, 4.69) is 12.2 Å². The van der Waals surface area contributed by atoms with E-state index in [1.807, 2.05) is 20.8 Å². The van der Waals surface area contributed by atoms with Crippen LogP contribution in [-0.4, -0.2) is 65.7 Å². The minimum absolute atomic E-state index is 0.0381. The van der Waals surface area contributed by atoms with Crippen LogP contribution in [0.1, 0.15) is 47.0 Å². The monoisotopic (exact) mass is 314 g/mol. The van der Waals surface area contributed by atoms with Gasteiger partial charge in [0, 0.05) is 18.6 Å². The Morgan fingerprint density at radius 3 is 2.73 bits per heavy atom. The second-order valence-electron chi connectivity index (χ2n) is 7.53. The Balaban J connectivity index is 1.84. The number of carbonyl (C=O) groups is 1. The summed E-state index contributed by atoms with van der Waals surface area (Å²) in [6, 6.07) is 0.703. The largest absolute Gasteiger partial charge is 0.444 e. The van der Waals surface area contributed by atoms with Gasteiger partial charge in [0.1, 0.15) is 5.60 Å². The van der Waals surface area contributed by atoms with E-state index in [1.54, 1.807) is 4.90 Å². The van der Waals surface area contributed by atoms with Gasteiger partial charge in [0.2, 0.25) is 0 Å². The van der Waals surface area contributed by atoms with Crippen LogP contribution in [0.2, 0.25) is 0 Å². The van der Waals surface area contributed by atoms with Crippen LogP contribution in [0.3, 0.4) is 0 Å². The molecule has 6 heteroatoms. The number of morpholine rings is 1. The first kappa shape index (κ1) is 17.5. The molecule has 22 heavy (non-hydrogen) atoms. The maximum Gasteiger partial charge on any atom is 0.410 e. The first-order valence-electron chi connectivity index (χ1n) is 8.26. The van der Waals surface area contributed by atoms with Gasteiger partial charge in [-0.1, -0.05) is 0 Å². The Labute approximate surface area is 133 Å². The Morgan fingerprint density at radius 1 is 1.45 bits per heavy atom. The molecule has 1 saturated heterocycles. The number of aliphatic hydroxyl groups excluding tert-OH is 1. The van der Waals surface area contributed by atoms with Crippen LogP contribution in [0, 0.1) is 0 Å². The maximum atomic E-state index is 12.3. The molecule has 128 valence electrons. The molecular weight excluding hydrogens is 284 g/mol. The number of amides is 1. The molecule has 0 aromatic rings. The topological polar surface area (TPSA) is 71.0 Å². The number of aliphatic hydroxyl groups is 1. The van der Waals surface area contributed by atoms with Crippen LogP contribution in [0.25, 0.3) is 0 Å². The molecule has 0 spiro atoms. The van der Waals surface area contributed by atoms with Crippen LogP contribution >= 0.6 is 0 Å². The minimum atomic E-state index is -0.480. The van der Waals surface area contributed by atoms with Gasteiger partial charge in [0.15, 0.2) is 0 Å². The molecule has 2 N–H and O–H groups in total. The van der Waals surface area contributed by atoms with Crippen LogP contribution in [0.5, 0.6) is 0 Å². The van der Waals surface area contributed by atoms with Gasteiger partial charge in [0.25, 0.3) is 0 Å². The average molecular weight is 314 g/mol. The lowest BCUT2D eigenvalue weighted by atomic mass is 9.88. The Bertz CT molecular complexity index is 377. The van der Waals surface area contributed by atoms with E-state index in [1.165, 1.54) is 0 Å². The molecule has 1 aliphatic carbocycles. The summed E-state index contributed by atoms with van der Waals surface area (Å²) in [5.74, 6) is 0. The van der Waals surface area contributed by atoms with Crippen molar-refractivity contribution in [2.75, 3.05) is 19.8 Å². The highest BCUT2D eigenvalue weighted by Crippen LogP contribution is 2.22. The van der Waals surface area contributed by atoms with E-state index >= 15 is 0 Å². The number of rotatable bonds is 4. The molecule has 0 aromatic carbocycles. The Kier molecular flexibility index (Phi) is 5.69. The van der Waals surface area contributed by atoms with Crippen LogP contribution < -0.4 is 5.32 Å². The Hall–Kier alpha value is -0.850. The van der Waals surface area contributed by atoms with Crippen molar-refractivity contribution in [3.8, 4) is 0 Å². The molecule has 1 heterocycles. The van der Waals surface area contributed by atoms with E-state index in [9.17, 15) is 9.90 Å². The summed E-state index contributed by atoms with van der Waals surface area (Å²) in [5.41, 5.74) is -0.480. The van der Waals surface area contributed by atoms with Crippen molar-refractivity contribution in [2.45, 2.75) is 76.8 Å². The van der Waals surface area contributed by atoms with Crippen LogP contribution in [-0.2, 0) is 9.47 Å². The molecule has 2 unspecified atom stereocenters. The van der Waals surface area contributed by atoms with Crippen LogP contribution in [0.4, 0.5) is 4.79 Å². The van der Waals surface area contributed by atoms with Gasteiger partial charge in [0.05, 0.1) is 25.4 Å². The van der Waals surface area contributed by atoms with Gasteiger partial charge < -0.3 is 24.8 Å². The molecule has 1 amide bonds. The lowest BCUT2D eigenvalue weighted by Gasteiger charge is -2.39. The fourth-order valence-electron chi connectivity index (χ4n) is 3.01. The SMILES string of the molecule is CC(CC1COCCN1C(=O)OC(C)(C)C)NC1CC(O)C1. The van der Waals surface area contributed by atoms with Crippen molar-refractivity contribution < 1.29 is 19.4 Å². The number of hydrogen-bond donors (Lipinski definition) is 2. The predicted molar refractivity (Wildman–Crippen MR) is 83.8 cm³/mol. The molecule has 2 atom stereocenters. The highest BCUT2D eigenvalue weighted by atomic mass is 16.6. The molecular formula is C16H30N2O4. The molecule has 0 aromatic heterocycles. The van der Waals surface area contributed by atoms with Gasteiger partial charge in [-0.2, -0.15) is 0 Å². The number of nitrogens with zero attached hydrogens (tertiary/aromatic N) is 1. The maximum absolute atomic E-state index is 12.3. The molecule has 2 aliphatic rings. The smallest absolute Gasteiger partial charge is 0.410 e. The van der Waals surface area contributed by atoms with Gasteiger partial charge in [-0.25, -0.2) is 4.79 Å². The quantitative estimate of drug-likeness (QED) is 0.823. The first-order chi connectivity index (χ1) is 10.2. The van der Waals surface area contributed by atoms with Crippen LogP contribution in [0.15, 0.2) is 0 Å². The van der Waals surface area contributed by atoms with Crippen molar-refractivity contribution in [2.24, 2.45) is 0 Å². The summed E-state index contributed by atoms with van der Waals surface area (Å²) < 4.78 is 11.0. The first-order valence-corrected chi connectivity index (χ1v) is 8.26. The zero-order chi connectivity index (χ0) is 16.3. The number of nitrogens with one attached hydrogen (secondary N) is 1. The zero-order valence-electron chi connectivity index (χ0n) is 14.2. The average Bonchev–Trinajstić information content (AvgIpc) is 2.35. The lowest BCUT2D eigenvalue weighted by molar-refractivity contribution is -0.0364. The fraction of sp³-hybridized carbons (Fsp3) is 0.938. The second-order valence-corrected chi connectivity index (χ2v) is 7.53. The number of carbonyl (C=O) groups excluding carboxylic acids is 1. The molecule has 2 fully saturated rings. The third-order valence-corrected chi connectivity index (χ3v) is 4.11. The summed E-state index contributed by atoms with van der Waals surface area (Å²) in [4.78, 5) is 14.1. The zero-order valence-corrected chi connectivity index (χ0v) is 14.2. The summed E-state index contributed by atoms with van der Waals surface area (Å²) in [5, 5.41) is 12.9. The van der Waals surface area contributed by atoms with Gasteiger partial charge in [-0.15, -0.1) is 0 Å². The molecule has 6 nitrogen and oxygen atoms in total. The van der Waals surface area contributed by atoms with E-state index < -0.39 is 5.60 Å². The summed E-state index contributed by atoms with van der Waals surface area (Å²) >= 11 is 0. The summed E-state index contributed by atoms with van der Waals surface area (Å²) in [6.45, 7) is 9.46. The van der Waals surface area contributed by atoms with Gasteiger partial charge in [-0.05, 0) is 47.0 Å².